The second kappa shape index (κ2) is 12.2. The lowest BCUT2D eigenvalue weighted by Crippen LogP contribution is -2.51. The average molecular weight is 510 g/mol. The van der Waals surface area contributed by atoms with E-state index in [0.717, 1.165) is 9.87 Å². The molecule has 0 aromatic heterocycles. The van der Waals surface area contributed by atoms with Gasteiger partial charge in [0, 0.05) is 19.7 Å². The summed E-state index contributed by atoms with van der Waals surface area (Å²) in [6.45, 7) is 1.47. The van der Waals surface area contributed by atoms with Crippen LogP contribution in [0.5, 0.6) is 5.75 Å². The Balaban J connectivity index is 2.06. The summed E-state index contributed by atoms with van der Waals surface area (Å²) in [4.78, 5) is 28.0. The van der Waals surface area contributed by atoms with Crippen molar-refractivity contribution in [1.29, 1.82) is 0 Å². The molecule has 1 atom stereocenters. The van der Waals surface area contributed by atoms with E-state index in [2.05, 4.69) is 5.32 Å². The molecule has 0 aliphatic carbocycles. The number of rotatable bonds is 11. The third kappa shape index (κ3) is 6.23. The molecule has 0 spiro atoms. The number of sulfonamides is 1. The number of ether oxygens (including phenoxy) is 1. The smallest absolute Gasteiger partial charge is 0.264 e. The Hall–Kier alpha value is -3.85. The molecule has 2 amide bonds. The summed E-state index contributed by atoms with van der Waals surface area (Å²) >= 11 is 0. The van der Waals surface area contributed by atoms with Gasteiger partial charge < -0.3 is 15.0 Å². The third-order valence-corrected chi connectivity index (χ3v) is 7.57. The summed E-state index contributed by atoms with van der Waals surface area (Å²) in [6, 6.07) is 23.0. The lowest BCUT2D eigenvalue weighted by Gasteiger charge is -2.33. The largest absolute Gasteiger partial charge is 0.497 e. The molecule has 0 aliphatic heterocycles. The van der Waals surface area contributed by atoms with E-state index in [1.807, 2.05) is 37.3 Å². The van der Waals surface area contributed by atoms with E-state index >= 15 is 0 Å². The zero-order valence-electron chi connectivity index (χ0n) is 20.6. The molecule has 3 aromatic rings. The number of carbonyl (C=O) groups excluding carboxylic acids is 2. The fraction of sp³-hybridized carbons (Fsp3) is 0.259. The highest BCUT2D eigenvalue weighted by Crippen LogP contribution is 2.27. The first-order valence-corrected chi connectivity index (χ1v) is 13.0. The SMILES string of the molecule is CCC(C(=O)NC)N(Cc1ccccc1)C(=O)CN(c1cccc(OC)c1)S(=O)(=O)c1ccccc1. The van der Waals surface area contributed by atoms with Crippen molar-refractivity contribution in [3.8, 4) is 5.75 Å². The number of methoxy groups -OCH3 is 1. The molecule has 8 nitrogen and oxygen atoms in total. The van der Waals surface area contributed by atoms with E-state index in [4.69, 9.17) is 4.74 Å². The molecule has 3 aromatic carbocycles. The van der Waals surface area contributed by atoms with Crippen LogP contribution < -0.4 is 14.4 Å². The first kappa shape index (κ1) is 26.7. The summed E-state index contributed by atoms with van der Waals surface area (Å²) < 4.78 is 33.8. The molecule has 1 N–H and O–H groups in total. The zero-order valence-corrected chi connectivity index (χ0v) is 21.4. The molecule has 190 valence electrons. The molecule has 0 fully saturated rings. The van der Waals surface area contributed by atoms with Crippen molar-refractivity contribution >= 4 is 27.5 Å². The van der Waals surface area contributed by atoms with Gasteiger partial charge in [0.15, 0.2) is 0 Å². The maximum Gasteiger partial charge on any atom is 0.264 e. The molecule has 0 aliphatic rings. The molecule has 0 radical (unpaired) electrons. The van der Waals surface area contributed by atoms with E-state index in [0.29, 0.717) is 12.2 Å². The standard InChI is InChI=1S/C27H31N3O5S/c1-4-25(27(32)28-2)29(19-21-12-7-5-8-13-21)26(31)20-30(22-14-11-15-23(18-22)35-3)36(33,34)24-16-9-6-10-17-24/h5-18,25H,4,19-20H2,1-3H3,(H,28,32). The first-order chi connectivity index (χ1) is 17.3. The predicted octanol–water partition coefficient (Wildman–Crippen LogP) is 3.44. The average Bonchev–Trinajstić information content (AvgIpc) is 2.92. The molecule has 9 heteroatoms. The van der Waals surface area contributed by atoms with Gasteiger partial charge in [0.05, 0.1) is 17.7 Å². The number of benzene rings is 3. The molecule has 0 saturated heterocycles. The van der Waals surface area contributed by atoms with Crippen LogP contribution in [0, 0.1) is 0 Å². The minimum absolute atomic E-state index is 0.0496. The van der Waals surface area contributed by atoms with Crippen LogP contribution >= 0.6 is 0 Å². The van der Waals surface area contributed by atoms with Gasteiger partial charge in [-0.25, -0.2) is 8.42 Å². The number of nitrogens with one attached hydrogen (secondary N) is 1. The molecule has 36 heavy (non-hydrogen) atoms. The van der Waals surface area contributed by atoms with Crippen molar-refractivity contribution in [2.24, 2.45) is 0 Å². The van der Waals surface area contributed by atoms with Crippen molar-refractivity contribution in [1.82, 2.24) is 10.2 Å². The topological polar surface area (TPSA) is 96.0 Å². The molecule has 1 unspecified atom stereocenters. The Morgan fingerprint density at radius 1 is 0.944 bits per heavy atom. The normalized spacial score (nSPS) is 11.9. The van der Waals surface area contributed by atoms with Crippen molar-refractivity contribution in [2.45, 2.75) is 30.8 Å². The van der Waals surface area contributed by atoms with Gasteiger partial charge in [0.2, 0.25) is 11.8 Å². The quantitative estimate of drug-likeness (QED) is 0.427. The van der Waals surface area contributed by atoms with Gasteiger partial charge >= 0.3 is 0 Å². The van der Waals surface area contributed by atoms with Gasteiger partial charge in [-0.3, -0.25) is 13.9 Å². The Morgan fingerprint density at radius 2 is 1.58 bits per heavy atom. The Kier molecular flexibility index (Phi) is 9.08. The fourth-order valence-electron chi connectivity index (χ4n) is 3.88. The summed E-state index contributed by atoms with van der Waals surface area (Å²) in [7, 11) is -1.11. The number of carbonyl (C=O) groups is 2. The van der Waals surface area contributed by atoms with Crippen molar-refractivity contribution in [3.63, 3.8) is 0 Å². The van der Waals surface area contributed by atoms with Crippen LogP contribution in [0.2, 0.25) is 0 Å². The number of likely N-dealkylation sites (N-methyl/N-ethyl adjacent to an activating group) is 1. The van der Waals surface area contributed by atoms with Crippen LogP contribution in [0.15, 0.2) is 89.8 Å². The zero-order chi connectivity index (χ0) is 26.1. The summed E-state index contributed by atoms with van der Waals surface area (Å²) in [6.07, 6.45) is 0.364. The van der Waals surface area contributed by atoms with E-state index in [-0.39, 0.29) is 23.0 Å². The first-order valence-electron chi connectivity index (χ1n) is 11.6. The van der Waals surface area contributed by atoms with Gasteiger partial charge in [-0.05, 0) is 36.2 Å². The van der Waals surface area contributed by atoms with Crippen LogP contribution in [0.4, 0.5) is 5.69 Å². The Bertz CT molecular complexity index is 1270. The molecule has 0 heterocycles. The molecular formula is C27H31N3O5S. The highest BCUT2D eigenvalue weighted by atomic mass is 32.2. The van der Waals surface area contributed by atoms with Gasteiger partial charge in [0.1, 0.15) is 18.3 Å². The monoisotopic (exact) mass is 509 g/mol. The molecule has 3 rings (SSSR count). The number of hydrogen-bond donors (Lipinski definition) is 1. The van der Waals surface area contributed by atoms with E-state index < -0.39 is 28.5 Å². The number of hydrogen-bond acceptors (Lipinski definition) is 5. The highest BCUT2D eigenvalue weighted by Gasteiger charge is 2.33. The lowest BCUT2D eigenvalue weighted by atomic mass is 10.1. The second-order valence-electron chi connectivity index (χ2n) is 8.07. The van der Waals surface area contributed by atoms with Crippen LogP contribution in [-0.4, -0.2) is 51.9 Å². The van der Waals surface area contributed by atoms with Crippen molar-refractivity contribution in [3.05, 3.63) is 90.5 Å². The maximum absolute atomic E-state index is 13.8. The Morgan fingerprint density at radius 3 is 2.17 bits per heavy atom. The predicted molar refractivity (Wildman–Crippen MR) is 139 cm³/mol. The van der Waals surface area contributed by atoms with Crippen molar-refractivity contribution in [2.75, 3.05) is 25.0 Å². The van der Waals surface area contributed by atoms with E-state index in [9.17, 15) is 18.0 Å². The van der Waals surface area contributed by atoms with Gasteiger partial charge in [-0.2, -0.15) is 0 Å². The Labute approximate surface area is 212 Å². The van der Waals surface area contributed by atoms with Crippen LogP contribution in [0.3, 0.4) is 0 Å². The van der Waals surface area contributed by atoms with Gasteiger partial charge in [-0.15, -0.1) is 0 Å². The summed E-state index contributed by atoms with van der Waals surface area (Å²) in [5, 5.41) is 2.61. The minimum atomic E-state index is -4.11. The molecule has 0 bridgehead atoms. The minimum Gasteiger partial charge on any atom is -0.497 e. The summed E-state index contributed by atoms with van der Waals surface area (Å²) in [5.74, 6) is -0.372. The third-order valence-electron chi connectivity index (χ3n) is 5.78. The van der Waals surface area contributed by atoms with Crippen LogP contribution in [0.25, 0.3) is 0 Å². The fourth-order valence-corrected chi connectivity index (χ4v) is 5.31. The lowest BCUT2D eigenvalue weighted by molar-refractivity contribution is -0.140. The van der Waals surface area contributed by atoms with Crippen molar-refractivity contribution < 1.29 is 22.7 Å². The number of anilines is 1. The van der Waals surface area contributed by atoms with Gasteiger partial charge in [-0.1, -0.05) is 61.5 Å². The van der Waals surface area contributed by atoms with E-state index in [1.165, 1.54) is 31.2 Å². The highest BCUT2D eigenvalue weighted by molar-refractivity contribution is 7.92. The van der Waals surface area contributed by atoms with Crippen LogP contribution in [0.1, 0.15) is 18.9 Å². The molecule has 0 saturated carbocycles. The number of nitrogens with zero attached hydrogens (tertiary/aromatic N) is 2. The summed E-state index contributed by atoms with van der Waals surface area (Å²) in [5.41, 5.74) is 1.10. The number of amides is 2. The van der Waals surface area contributed by atoms with E-state index in [1.54, 1.807) is 42.5 Å². The van der Waals surface area contributed by atoms with Gasteiger partial charge in [0.25, 0.3) is 10.0 Å². The molecular weight excluding hydrogens is 478 g/mol. The van der Waals surface area contributed by atoms with Crippen LogP contribution in [-0.2, 0) is 26.2 Å². The maximum atomic E-state index is 13.8. The second-order valence-corrected chi connectivity index (χ2v) is 9.93.